The van der Waals surface area contributed by atoms with Gasteiger partial charge in [0.2, 0.25) is 5.91 Å². The molecule has 0 aliphatic carbocycles. The maximum atomic E-state index is 12.6. The number of nitrogens with zero attached hydrogens (tertiary/aromatic N) is 2. The third-order valence-electron chi connectivity index (χ3n) is 4.29. The summed E-state index contributed by atoms with van der Waals surface area (Å²) < 4.78 is 0. The number of rotatable bonds is 8. The van der Waals surface area contributed by atoms with Crippen molar-refractivity contribution in [2.75, 3.05) is 10.6 Å². The molecule has 1 atom stereocenters. The molecule has 9 heteroatoms. The highest BCUT2D eigenvalue weighted by Gasteiger charge is 2.19. The van der Waals surface area contributed by atoms with Crippen molar-refractivity contribution in [2.45, 2.75) is 23.5 Å². The summed E-state index contributed by atoms with van der Waals surface area (Å²) in [7, 11) is 0. The molecule has 0 bridgehead atoms. The lowest BCUT2D eigenvalue weighted by Gasteiger charge is -2.15. The van der Waals surface area contributed by atoms with E-state index in [1.54, 1.807) is 42.6 Å². The number of non-ortho nitro benzene ring substituents is 1. The van der Waals surface area contributed by atoms with Crippen LogP contribution in [-0.4, -0.2) is 27.0 Å². The molecule has 0 aliphatic rings. The van der Waals surface area contributed by atoms with Crippen LogP contribution in [0.25, 0.3) is 0 Å². The van der Waals surface area contributed by atoms with Gasteiger partial charge in [0.1, 0.15) is 5.82 Å². The van der Waals surface area contributed by atoms with Gasteiger partial charge in [0, 0.05) is 34.5 Å². The zero-order valence-corrected chi connectivity index (χ0v) is 17.5. The van der Waals surface area contributed by atoms with E-state index in [9.17, 15) is 19.7 Å². The summed E-state index contributed by atoms with van der Waals surface area (Å²) in [6, 6.07) is 17.9. The van der Waals surface area contributed by atoms with Gasteiger partial charge in [-0.3, -0.25) is 19.7 Å². The molecule has 2 N–H and O–H groups in total. The van der Waals surface area contributed by atoms with Gasteiger partial charge in [0.25, 0.3) is 11.6 Å². The number of pyridine rings is 1. The van der Waals surface area contributed by atoms with Crippen LogP contribution in [0.3, 0.4) is 0 Å². The van der Waals surface area contributed by atoms with Gasteiger partial charge in [-0.2, -0.15) is 0 Å². The second-order valence-corrected chi connectivity index (χ2v) is 7.78. The summed E-state index contributed by atoms with van der Waals surface area (Å²) in [5, 5.41) is 16.0. The third kappa shape index (κ3) is 6.13. The highest BCUT2D eigenvalue weighted by molar-refractivity contribution is 8.00. The Hall–Kier alpha value is -3.72. The Kier molecular flexibility index (Phi) is 7.34. The minimum atomic E-state index is -0.517. The van der Waals surface area contributed by atoms with Gasteiger partial charge in [-0.15, -0.1) is 11.8 Å². The van der Waals surface area contributed by atoms with Crippen LogP contribution in [0.5, 0.6) is 0 Å². The quantitative estimate of drug-likeness (QED) is 0.299. The first-order valence-electron chi connectivity index (χ1n) is 9.50. The van der Waals surface area contributed by atoms with Crippen molar-refractivity contribution < 1.29 is 14.5 Å². The first-order valence-corrected chi connectivity index (χ1v) is 10.4. The van der Waals surface area contributed by atoms with Crippen molar-refractivity contribution in [3.8, 4) is 0 Å². The normalized spacial score (nSPS) is 11.4. The lowest BCUT2D eigenvalue weighted by atomic mass is 10.2. The number of nitrogens with one attached hydrogen (secondary N) is 2. The van der Waals surface area contributed by atoms with Crippen LogP contribution in [0.1, 0.15) is 23.7 Å². The predicted molar refractivity (Wildman–Crippen MR) is 120 cm³/mol. The van der Waals surface area contributed by atoms with E-state index in [2.05, 4.69) is 15.6 Å². The van der Waals surface area contributed by atoms with Crippen molar-refractivity contribution >= 4 is 40.8 Å². The Morgan fingerprint density at radius 2 is 1.84 bits per heavy atom. The van der Waals surface area contributed by atoms with E-state index in [0.29, 0.717) is 23.5 Å². The molecule has 2 aromatic carbocycles. The molecule has 158 valence electrons. The lowest BCUT2D eigenvalue weighted by Crippen LogP contribution is -2.25. The average molecular weight is 436 g/mol. The molecule has 0 fully saturated rings. The molecule has 0 saturated heterocycles. The smallest absolute Gasteiger partial charge is 0.269 e. The fourth-order valence-electron chi connectivity index (χ4n) is 2.71. The second kappa shape index (κ2) is 10.4. The van der Waals surface area contributed by atoms with Gasteiger partial charge in [-0.25, -0.2) is 4.98 Å². The van der Waals surface area contributed by atoms with Gasteiger partial charge in [-0.05, 0) is 48.9 Å². The molecule has 1 heterocycles. The van der Waals surface area contributed by atoms with E-state index in [4.69, 9.17) is 0 Å². The number of nitro benzene ring substituents is 1. The first-order chi connectivity index (χ1) is 15.0. The molecule has 1 unspecified atom stereocenters. The highest BCUT2D eigenvalue weighted by atomic mass is 32.2. The molecule has 0 radical (unpaired) electrons. The molecule has 0 spiro atoms. The number of amides is 2. The number of thioether (sulfide) groups is 1. The summed E-state index contributed by atoms with van der Waals surface area (Å²) in [6.07, 6.45) is 2.23. The third-order valence-corrected chi connectivity index (χ3v) is 5.65. The van der Waals surface area contributed by atoms with E-state index in [1.165, 1.54) is 36.0 Å². The summed E-state index contributed by atoms with van der Waals surface area (Å²) in [4.78, 5) is 40.2. The number of carbonyl (C=O) groups is 2. The molecular formula is C22H20N4O4S. The molecule has 0 aliphatic heterocycles. The van der Waals surface area contributed by atoms with Gasteiger partial charge < -0.3 is 10.6 Å². The van der Waals surface area contributed by atoms with Crippen LogP contribution in [0.15, 0.2) is 77.8 Å². The predicted octanol–water partition coefficient (Wildman–Crippen LogP) is 4.75. The van der Waals surface area contributed by atoms with Crippen molar-refractivity contribution in [1.82, 2.24) is 4.98 Å². The Bertz CT molecular complexity index is 1070. The molecular weight excluding hydrogens is 416 g/mol. The number of anilines is 2. The largest absolute Gasteiger partial charge is 0.322 e. The Morgan fingerprint density at radius 3 is 2.48 bits per heavy atom. The Balaban J connectivity index is 1.65. The number of carbonyl (C=O) groups excluding carboxylic acids is 2. The summed E-state index contributed by atoms with van der Waals surface area (Å²) in [6.45, 7) is 1.93. The fraction of sp³-hybridized carbons (Fsp3) is 0.136. The summed E-state index contributed by atoms with van der Waals surface area (Å²) in [5.41, 5.74) is 0.794. The molecule has 0 saturated carbocycles. The van der Waals surface area contributed by atoms with E-state index in [-0.39, 0.29) is 22.8 Å². The molecule has 3 rings (SSSR count). The zero-order chi connectivity index (χ0) is 22.2. The number of hydrogen-bond acceptors (Lipinski definition) is 6. The molecule has 8 nitrogen and oxygen atoms in total. The van der Waals surface area contributed by atoms with Crippen LogP contribution in [0.4, 0.5) is 17.2 Å². The van der Waals surface area contributed by atoms with Crippen molar-refractivity contribution in [2.24, 2.45) is 0 Å². The number of benzene rings is 2. The monoisotopic (exact) mass is 436 g/mol. The van der Waals surface area contributed by atoms with E-state index >= 15 is 0 Å². The van der Waals surface area contributed by atoms with Gasteiger partial charge >= 0.3 is 0 Å². The van der Waals surface area contributed by atoms with Crippen LogP contribution in [-0.2, 0) is 4.79 Å². The summed E-state index contributed by atoms with van der Waals surface area (Å²) >= 11 is 1.39. The fourth-order valence-corrected chi connectivity index (χ4v) is 3.73. The van der Waals surface area contributed by atoms with Gasteiger partial charge in [0.05, 0.1) is 10.2 Å². The summed E-state index contributed by atoms with van der Waals surface area (Å²) in [5.74, 6) is -0.0286. The van der Waals surface area contributed by atoms with Crippen LogP contribution in [0, 0.1) is 10.1 Å². The minimum Gasteiger partial charge on any atom is -0.322 e. The maximum absolute atomic E-state index is 12.6. The molecule has 2 amide bonds. The van der Waals surface area contributed by atoms with E-state index in [0.717, 1.165) is 4.90 Å². The van der Waals surface area contributed by atoms with Crippen LogP contribution < -0.4 is 10.6 Å². The number of nitro groups is 1. The van der Waals surface area contributed by atoms with Crippen molar-refractivity contribution in [3.05, 3.63) is 88.6 Å². The zero-order valence-electron chi connectivity index (χ0n) is 16.6. The second-order valence-electron chi connectivity index (χ2n) is 6.50. The maximum Gasteiger partial charge on any atom is 0.269 e. The Morgan fingerprint density at radius 1 is 1.06 bits per heavy atom. The molecule has 1 aromatic heterocycles. The van der Waals surface area contributed by atoms with Crippen LogP contribution in [0.2, 0.25) is 0 Å². The van der Waals surface area contributed by atoms with Crippen molar-refractivity contribution in [3.63, 3.8) is 0 Å². The molecule has 31 heavy (non-hydrogen) atoms. The lowest BCUT2D eigenvalue weighted by molar-refractivity contribution is -0.384. The van der Waals surface area contributed by atoms with E-state index in [1.807, 2.05) is 13.0 Å². The number of aromatic nitrogens is 1. The highest BCUT2D eigenvalue weighted by Crippen LogP contribution is 2.28. The minimum absolute atomic E-state index is 0.0791. The average Bonchev–Trinajstić information content (AvgIpc) is 2.78. The number of hydrogen-bond donors (Lipinski definition) is 2. The molecule has 3 aromatic rings. The van der Waals surface area contributed by atoms with E-state index < -0.39 is 4.92 Å². The SMILES string of the molecule is CCC(Sc1cccc(NC(=O)c2ccc([N+](=O)[O-])cc2)c1)C(=O)Nc1ccccn1. The first kappa shape index (κ1) is 22.0. The standard InChI is InChI=1S/C22H20N4O4S/c1-2-19(22(28)25-20-8-3-4-13-23-20)31-18-7-5-6-16(14-18)24-21(27)15-9-11-17(12-10-15)26(29)30/h3-14,19H,2H2,1H3,(H,24,27)(H,23,25,28). The van der Waals surface area contributed by atoms with Gasteiger partial charge in [0.15, 0.2) is 0 Å². The topological polar surface area (TPSA) is 114 Å². The Labute approximate surface area is 183 Å². The van der Waals surface area contributed by atoms with Crippen LogP contribution >= 0.6 is 11.8 Å². The van der Waals surface area contributed by atoms with Gasteiger partial charge in [-0.1, -0.05) is 19.1 Å². The van der Waals surface area contributed by atoms with Crippen molar-refractivity contribution in [1.29, 1.82) is 0 Å².